The lowest BCUT2D eigenvalue weighted by Gasteiger charge is -2.36. The molecule has 0 amide bonds. The summed E-state index contributed by atoms with van der Waals surface area (Å²) in [5, 5.41) is 23.1. The molecule has 0 radical (unpaired) electrons. The Labute approximate surface area is 240 Å². The zero-order chi connectivity index (χ0) is 27.2. The van der Waals surface area contributed by atoms with Crippen molar-refractivity contribution in [2.45, 2.75) is 50.7 Å². The van der Waals surface area contributed by atoms with E-state index in [1.54, 1.807) is 36.4 Å². The molecule has 2 aromatic rings. The number of piperidine rings is 2. The molecule has 2 aliphatic rings. The van der Waals surface area contributed by atoms with Crippen LogP contribution in [0.2, 0.25) is 0 Å². The van der Waals surface area contributed by atoms with Crippen LogP contribution in [0.3, 0.4) is 0 Å². The number of benzene rings is 2. The molecule has 2 heterocycles. The second kappa shape index (κ2) is 18.0. The molecule has 4 rings (SSSR count). The van der Waals surface area contributed by atoms with Crippen molar-refractivity contribution in [3.05, 3.63) is 60.2 Å². The van der Waals surface area contributed by atoms with Crippen LogP contribution in [0.1, 0.15) is 39.5 Å². The van der Waals surface area contributed by atoms with Crippen LogP contribution in [0.5, 0.6) is 11.5 Å². The number of rotatable bonds is 7. The summed E-state index contributed by atoms with van der Waals surface area (Å²) in [7, 11) is 0. The summed E-state index contributed by atoms with van der Waals surface area (Å²) in [5.74, 6) is -0.0372. The Balaban J connectivity index is 0.000000309. The van der Waals surface area contributed by atoms with E-state index in [4.69, 9.17) is 9.47 Å². The van der Waals surface area contributed by atoms with E-state index in [9.17, 15) is 19.0 Å². The molecule has 0 bridgehead atoms. The molecular weight excluding hydrogens is 582 g/mol. The molecule has 2 atom stereocenters. The number of likely N-dealkylation sites (tertiary alicyclic amines) is 1. The highest BCUT2D eigenvalue weighted by Crippen LogP contribution is 2.20. The van der Waals surface area contributed by atoms with Crippen LogP contribution in [0.4, 0.5) is 8.78 Å². The van der Waals surface area contributed by atoms with E-state index >= 15 is 0 Å². The molecule has 2 fully saturated rings. The van der Waals surface area contributed by atoms with Gasteiger partial charge < -0.3 is 25.0 Å². The predicted molar refractivity (Wildman–Crippen MR) is 154 cm³/mol. The van der Waals surface area contributed by atoms with E-state index in [-0.39, 0.29) is 24.0 Å². The highest BCUT2D eigenvalue weighted by Gasteiger charge is 2.28. The first-order valence-corrected chi connectivity index (χ1v) is 13.9. The van der Waals surface area contributed by atoms with Gasteiger partial charge in [-0.2, -0.15) is 0 Å². The number of hydrogen-bond acceptors (Lipinski definition) is 6. The minimum atomic E-state index is -0.601. The number of hydrogen-bond donors (Lipinski definition) is 3. The normalized spacial score (nSPS) is 23.0. The number of para-hydroxylation sites is 2. The van der Waals surface area contributed by atoms with E-state index in [1.165, 1.54) is 12.1 Å². The molecule has 2 unspecified atom stereocenters. The van der Waals surface area contributed by atoms with Crippen LogP contribution in [0.25, 0.3) is 0 Å². The number of halogens is 4. The first kappa shape index (κ1) is 34.5. The van der Waals surface area contributed by atoms with Gasteiger partial charge in [0.1, 0.15) is 6.61 Å². The summed E-state index contributed by atoms with van der Waals surface area (Å²) in [6.45, 7) is 8.83. The minimum Gasteiger partial charge on any atom is -0.490 e. The summed E-state index contributed by atoms with van der Waals surface area (Å²) >= 11 is 3.18. The van der Waals surface area contributed by atoms with Gasteiger partial charge in [0.2, 0.25) is 0 Å². The number of alkyl halides is 1. The van der Waals surface area contributed by atoms with E-state index in [1.807, 2.05) is 13.8 Å². The van der Waals surface area contributed by atoms with Gasteiger partial charge >= 0.3 is 0 Å². The third-order valence-electron chi connectivity index (χ3n) is 6.00. The first-order chi connectivity index (χ1) is 17.6. The first-order valence-electron chi connectivity index (χ1n) is 12.8. The van der Waals surface area contributed by atoms with Gasteiger partial charge in [0, 0.05) is 25.0 Å². The van der Waals surface area contributed by atoms with Gasteiger partial charge in [-0.3, -0.25) is 4.90 Å². The van der Waals surface area contributed by atoms with Gasteiger partial charge in [0.05, 0.1) is 17.8 Å². The fourth-order valence-electron chi connectivity index (χ4n) is 4.11. The maximum Gasteiger partial charge on any atom is 0.165 e. The number of nitrogens with one attached hydrogen (secondary N) is 1. The maximum atomic E-state index is 13.3. The van der Waals surface area contributed by atoms with E-state index in [0.29, 0.717) is 43.1 Å². The lowest BCUT2D eigenvalue weighted by molar-refractivity contribution is -0.0184. The van der Waals surface area contributed by atoms with Gasteiger partial charge in [-0.25, -0.2) is 8.78 Å². The van der Waals surface area contributed by atoms with Crippen molar-refractivity contribution in [2.75, 3.05) is 51.3 Å². The van der Waals surface area contributed by atoms with Crippen molar-refractivity contribution in [3.8, 4) is 11.5 Å². The third kappa shape index (κ3) is 14.1. The van der Waals surface area contributed by atoms with E-state index < -0.39 is 11.2 Å². The molecule has 3 N–H and O–H groups in total. The smallest absolute Gasteiger partial charge is 0.165 e. The van der Waals surface area contributed by atoms with Crippen molar-refractivity contribution in [1.29, 1.82) is 0 Å². The summed E-state index contributed by atoms with van der Waals surface area (Å²) < 4.78 is 36.5. The number of aliphatic hydroxyl groups is 2. The largest absolute Gasteiger partial charge is 0.490 e. The second-order valence-electron chi connectivity index (χ2n) is 9.90. The number of ether oxygens (including phenoxy) is 2. The minimum absolute atomic E-state index is 0. The average Bonchev–Trinajstić information content (AvgIpc) is 2.85. The van der Waals surface area contributed by atoms with Gasteiger partial charge in [0.25, 0.3) is 0 Å². The summed E-state index contributed by atoms with van der Waals surface area (Å²) in [6.07, 6.45) is 3.89. The van der Waals surface area contributed by atoms with Gasteiger partial charge in [-0.05, 0) is 76.9 Å². The predicted octanol–water partition coefficient (Wildman–Crippen LogP) is 5.19. The lowest BCUT2D eigenvalue weighted by atomic mass is 9.95. The Morgan fingerprint density at radius 1 is 0.895 bits per heavy atom. The van der Waals surface area contributed by atoms with Crippen molar-refractivity contribution in [3.63, 3.8) is 0 Å². The maximum absolute atomic E-state index is 13.3. The standard InChI is InChI=1S/C14H20FNO2.C8H8BrFO.C6H13NO.ClH/c1-14(17)7-4-8-16(11-14)9-10-18-13-6-3-2-5-12(13)15;9-5-6-11-8-4-2-1-3-7(8)10;1-6(8)3-2-4-7-5-6;/h2-3,5-6,17H,4,7-11H2,1H3;1-4H,5-6H2;7-8H,2-5H2,1H3;1H. The fourth-order valence-corrected chi connectivity index (χ4v) is 4.27. The average molecular weight is 624 g/mol. The third-order valence-corrected chi connectivity index (χ3v) is 6.33. The van der Waals surface area contributed by atoms with Crippen LogP contribution in [0, 0.1) is 11.6 Å². The molecule has 2 aromatic carbocycles. The van der Waals surface area contributed by atoms with Gasteiger partial charge in [0.15, 0.2) is 23.1 Å². The van der Waals surface area contributed by atoms with Crippen molar-refractivity contribution >= 4 is 28.3 Å². The van der Waals surface area contributed by atoms with Crippen LogP contribution < -0.4 is 14.8 Å². The monoisotopic (exact) mass is 622 g/mol. The Kier molecular flexibility index (Phi) is 16.3. The molecule has 38 heavy (non-hydrogen) atoms. The van der Waals surface area contributed by atoms with E-state index in [2.05, 4.69) is 26.1 Å². The number of nitrogens with zero attached hydrogens (tertiary/aromatic N) is 1. The molecular formula is C28H42BrClF2N2O4. The lowest BCUT2D eigenvalue weighted by Crippen LogP contribution is -2.47. The molecule has 10 heteroatoms. The Morgan fingerprint density at radius 3 is 1.89 bits per heavy atom. The number of β-amino-alcohol motifs (C(OH)–C–C–N with tert-alkyl or cyclic N) is 2. The van der Waals surface area contributed by atoms with Gasteiger partial charge in [-0.1, -0.05) is 40.2 Å². The molecule has 6 nitrogen and oxygen atoms in total. The van der Waals surface area contributed by atoms with Crippen molar-refractivity contribution < 1.29 is 28.5 Å². The molecule has 216 valence electrons. The quantitative estimate of drug-likeness (QED) is 0.369. The van der Waals surface area contributed by atoms with Crippen molar-refractivity contribution in [2.24, 2.45) is 0 Å². The molecule has 2 saturated heterocycles. The Bertz CT molecular complexity index is 916. The zero-order valence-electron chi connectivity index (χ0n) is 22.3. The topological polar surface area (TPSA) is 74.2 Å². The SMILES string of the molecule is CC1(O)CCCN(CCOc2ccccc2F)C1.CC1(O)CCCNC1.Cl.Fc1ccccc1OCCBr. The molecule has 0 aliphatic carbocycles. The van der Waals surface area contributed by atoms with Gasteiger partial charge in [-0.15, -0.1) is 12.4 Å². The fraction of sp³-hybridized carbons (Fsp3) is 0.571. The highest BCUT2D eigenvalue weighted by atomic mass is 79.9. The molecule has 0 aromatic heterocycles. The second-order valence-corrected chi connectivity index (χ2v) is 10.7. The summed E-state index contributed by atoms with van der Waals surface area (Å²) in [4.78, 5) is 2.16. The molecule has 0 saturated carbocycles. The van der Waals surface area contributed by atoms with Crippen LogP contribution >= 0.6 is 28.3 Å². The molecule has 0 spiro atoms. The zero-order valence-corrected chi connectivity index (χ0v) is 24.7. The highest BCUT2D eigenvalue weighted by molar-refractivity contribution is 9.09. The van der Waals surface area contributed by atoms with Crippen LogP contribution in [-0.2, 0) is 0 Å². The Hall–Kier alpha value is -1.49. The summed E-state index contributed by atoms with van der Waals surface area (Å²) in [5.41, 5.74) is -1.03. The summed E-state index contributed by atoms with van der Waals surface area (Å²) in [6, 6.07) is 12.8. The van der Waals surface area contributed by atoms with E-state index in [0.717, 1.165) is 45.3 Å². The molecule has 2 aliphatic heterocycles. The Morgan fingerprint density at radius 2 is 1.45 bits per heavy atom. The van der Waals surface area contributed by atoms with Crippen molar-refractivity contribution in [1.82, 2.24) is 10.2 Å². The van der Waals surface area contributed by atoms with Crippen LogP contribution in [0.15, 0.2) is 48.5 Å². The van der Waals surface area contributed by atoms with Crippen LogP contribution in [-0.4, -0.2) is 77.6 Å².